The summed E-state index contributed by atoms with van der Waals surface area (Å²) in [6, 6.07) is 0. The summed E-state index contributed by atoms with van der Waals surface area (Å²) in [5, 5.41) is 0. The van der Waals surface area contributed by atoms with Gasteiger partial charge in [0.25, 0.3) is 0 Å². The molecule has 0 amide bonds. The minimum atomic E-state index is -0.395. The van der Waals surface area contributed by atoms with Crippen LogP contribution in [0.15, 0.2) is 24.3 Å². The van der Waals surface area contributed by atoms with E-state index in [0.717, 1.165) is 0 Å². The Kier molecular flexibility index (Phi) is 7.01. The fourth-order valence-corrected chi connectivity index (χ4v) is 1.31. The van der Waals surface area contributed by atoms with Gasteiger partial charge in [-0.25, -0.2) is 9.59 Å². The molecule has 0 aromatic rings. The van der Waals surface area contributed by atoms with E-state index in [1.807, 2.05) is 6.92 Å². The second-order valence-corrected chi connectivity index (χ2v) is 4.72. The first-order valence-corrected chi connectivity index (χ1v) is 5.93. The molecule has 0 radical (unpaired) electrons. The van der Waals surface area contributed by atoms with Crippen molar-refractivity contribution in [2.75, 3.05) is 6.61 Å². The van der Waals surface area contributed by atoms with Crippen LogP contribution >= 0.6 is 0 Å². The second kappa shape index (κ2) is 7.69. The van der Waals surface area contributed by atoms with Crippen molar-refractivity contribution in [1.29, 1.82) is 0 Å². The maximum Gasteiger partial charge on any atom is 0.333 e. The Labute approximate surface area is 109 Å². The summed E-state index contributed by atoms with van der Waals surface area (Å²) in [4.78, 5) is 22.5. The zero-order valence-corrected chi connectivity index (χ0v) is 11.6. The Morgan fingerprint density at radius 1 is 1.06 bits per heavy atom. The van der Waals surface area contributed by atoms with E-state index in [9.17, 15) is 9.59 Å². The minimum Gasteiger partial charge on any atom is -0.462 e. The van der Waals surface area contributed by atoms with Crippen molar-refractivity contribution in [1.82, 2.24) is 0 Å². The fourth-order valence-electron chi connectivity index (χ4n) is 1.31. The lowest BCUT2D eigenvalue weighted by Crippen LogP contribution is -2.21. The van der Waals surface area contributed by atoms with Crippen LogP contribution in [0.1, 0.15) is 34.1 Å². The third kappa shape index (κ3) is 6.89. The van der Waals surface area contributed by atoms with Gasteiger partial charge in [0.15, 0.2) is 0 Å². The van der Waals surface area contributed by atoms with E-state index in [-0.39, 0.29) is 12.0 Å². The fraction of sp³-hybridized carbons (Fsp3) is 0.571. The Morgan fingerprint density at radius 2 is 1.56 bits per heavy atom. The number of rotatable bonds is 7. The highest BCUT2D eigenvalue weighted by molar-refractivity contribution is 5.87. The normalized spacial score (nSPS) is 13.3. The quantitative estimate of drug-likeness (QED) is 0.517. The molecule has 0 aliphatic heterocycles. The maximum absolute atomic E-state index is 11.3. The predicted octanol–water partition coefficient (Wildman–Crippen LogP) is 2.64. The molecule has 0 fully saturated rings. The average molecular weight is 254 g/mol. The lowest BCUT2D eigenvalue weighted by atomic mass is 10.1. The van der Waals surface area contributed by atoms with E-state index in [0.29, 0.717) is 24.2 Å². The van der Waals surface area contributed by atoms with Crippen LogP contribution in [0, 0.1) is 5.92 Å². The zero-order chi connectivity index (χ0) is 14.3. The van der Waals surface area contributed by atoms with Gasteiger partial charge in [0, 0.05) is 11.1 Å². The van der Waals surface area contributed by atoms with Gasteiger partial charge >= 0.3 is 11.9 Å². The smallest absolute Gasteiger partial charge is 0.333 e. The first kappa shape index (κ1) is 16.4. The number of esters is 2. The van der Waals surface area contributed by atoms with Gasteiger partial charge < -0.3 is 9.47 Å². The van der Waals surface area contributed by atoms with Gasteiger partial charge in [0.05, 0.1) is 12.7 Å². The highest BCUT2D eigenvalue weighted by atomic mass is 16.5. The van der Waals surface area contributed by atoms with Crippen LogP contribution in [0.3, 0.4) is 0 Å². The van der Waals surface area contributed by atoms with E-state index >= 15 is 0 Å². The molecular formula is C14H22O4. The molecule has 4 nitrogen and oxygen atoms in total. The molecule has 0 aliphatic carbocycles. The molecule has 18 heavy (non-hydrogen) atoms. The van der Waals surface area contributed by atoms with Gasteiger partial charge in [-0.3, -0.25) is 0 Å². The molecule has 0 N–H and O–H groups in total. The van der Waals surface area contributed by atoms with Gasteiger partial charge in [-0.15, -0.1) is 0 Å². The molecule has 0 spiro atoms. The number of hydrogen-bond donors (Lipinski definition) is 0. The largest absolute Gasteiger partial charge is 0.462 e. The Hall–Kier alpha value is -1.58. The maximum atomic E-state index is 11.3. The molecule has 0 heterocycles. The first-order valence-electron chi connectivity index (χ1n) is 5.93. The average Bonchev–Trinajstić information content (AvgIpc) is 2.24. The van der Waals surface area contributed by atoms with Crippen LogP contribution in [0.4, 0.5) is 0 Å². The number of carbonyl (C=O) groups is 2. The van der Waals surface area contributed by atoms with Crippen LogP contribution in [0.2, 0.25) is 0 Å². The highest BCUT2D eigenvalue weighted by Gasteiger charge is 2.15. The summed E-state index contributed by atoms with van der Waals surface area (Å²) in [5.74, 6) is -0.678. The summed E-state index contributed by atoms with van der Waals surface area (Å²) in [7, 11) is 0. The lowest BCUT2D eigenvalue weighted by Gasteiger charge is -2.18. The zero-order valence-electron chi connectivity index (χ0n) is 11.6. The van der Waals surface area contributed by atoms with E-state index in [2.05, 4.69) is 13.2 Å². The molecule has 0 saturated heterocycles. The molecule has 0 aliphatic rings. The highest BCUT2D eigenvalue weighted by Crippen LogP contribution is 2.11. The standard InChI is InChI=1S/C14H22O4/c1-9(2)13(15)17-8-11(5)7-12(6)18-14(16)10(3)4/h11-12H,1,3,7-8H2,2,4-6H3. The molecule has 4 heteroatoms. The van der Waals surface area contributed by atoms with Crippen molar-refractivity contribution in [2.45, 2.75) is 40.2 Å². The van der Waals surface area contributed by atoms with E-state index in [1.165, 1.54) is 0 Å². The molecule has 102 valence electrons. The lowest BCUT2D eigenvalue weighted by molar-refractivity contribution is -0.146. The van der Waals surface area contributed by atoms with Crippen LogP contribution in [0.25, 0.3) is 0 Å². The van der Waals surface area contributed by atoms with Gasteiger partial charge in [0.1, 0.15) is 0 Å². The van der Waals surface area contributed by atoms with Gasteiger partial charge in [-0.2, -0.15) is 0 Å². The molecule has 0 saturated carbocycles. The number of hydrogen-bond acceptors (Lipinski definition) is 4. The summed E-state index contributed by atoms with van der Waals surface area (Å²) >= 11 is 0. The van der Waals surface area contributed by atoms with Crippen molar-refractivity contribution in [3.8, 4) is 0 Å². The molecule has 2 atom stereocenters. The topological polar surface area (TPSA) is 52.6 Å². The monoisotopic (exact) mass is 254 g/mol. The van der Waals surface area contributed by atoms with Crippen LogP contribution < -0.4 is 0 Å². The van der Waals surface area contributed by atoms with Crippen LogP contribution in [0.5, 0.6) is 0 Å². The Balaban J connectivity index is 3.97. The molecule has 0 rings (SSSR count). The van der Waals surface area contributed by atoms with Crippen LogP contribution in [-0.2, 0) is 19.1 Å². The Bertz CT molecular complexity index is 344. The van der Waals surface area contributed by atoms with E-state index < -0.39 is 11.9 Å². The summed E-state index contributed by atoms with van der Waals surface area (Å²) in [6.07, 6.45) is 0.399. The SMILES string of the molecule is C=C(C)C(=O)OCC(C)CC(C)OC(=O)C(=C)C. The third-order valence-electron chi connectivity index (χ3n) is 2.24. The predicted molar refractivity (Wildman–Crippen MR) is 69.9 cm³/mol. The second-order valence-electron chi connectivity index (χ2n) is 4.72. The number of ether oxygens (including phenoxy) is 2. The van der Waals surface area contributed by atoms with Gasteiger partial charge in [-0.05, 0) is 33.1 Å². The van der Waals surface area contributed by atoms with Gasteiger partial charge in [-0.1, -0.05) is 20.1 Å². The van der Waals surface area contributed by atoms with Crippen molar-refractivity contribution in [3.05, 3.63) is 24.3 Å². The van der Waals surface area contributed by atoms with Crippen LogP contribution in [-0.4, -0.2) is 24.6 Å². The molecule has 0 bridgehead atoms. The molecular weight excluding hydrogens is 232 g/mol. The van der Waals surface area contributed by atoms with Crippen molar-refractivity contribution >= 4 is 11.9 Å². The first-order chi connectivity index (χ1) is 8.23. The van der Waals surface area contributed by atoms with Crippen molar-refractivity contribution in [3.63, 3.8) is 0 Å². The number of carbonyl (C=O) groups excluding carboxylic acids is 2. The summed E-state index contributed by atoms with van der Waals surface area (Å²) in [6.45, 7) is 14.2. The molecule has 0 aromatic carbocycles. The van der Waals surface area contributed by atoms with E-state index in [1.54, 1.807) is 20.8 Å². The summed E-state index contributed by atoms with van der Waals surface area (Å²) < 4.78 is 10.2. The van der Waals surface area contributed by atoms with Crippen molar-refractivity contribution < 1.29 is 19.1 Å². The van der Waals surface area contributed by atoms with E-state index in [4.69, 9.17) is 9.47 Å². The summed E-state index contributed by atoms with van der Waals surface area (Å²) in [5.41, 5.74) is 0.757. The Morgan fingerprint density at radius 3 is 2.00 bits per heavy atom. The third-order valence-corrected chi connectivity index (χ3v) is 2.24. The minimum absolute atomic E-state index is 0.112. The van der Waals surface area contributed by atoms with Gasteiger partial charge in [0.2, 0.25) is 0 Å². The van der Waals surface area contributed by atoms with Crippen molar-refractivity contribution in [2.24, 2.45) is 5.92 Å². The molecule has 0 aromatic heterocycles. The molecule has 2 unspecified atom stereocenters.